The molecule has 2 aromatic rings. The van der Waals surface area contributed by atoms with Crippen LogP contribution in [0.2, 0.25) is 0 Å². The molecule has 1 aromatic heterocycles. The van der Waals surface area contributed by atoms with Gasteiger partial charge in [-0.15, -0.1) is 0 Å². The zero-order chi connectivity index (χ0) is 13.9. The van der Waals surface area contributed by atoms with Gasteiger partial charge in [0.05, 0.1) is 0 Å². The molecule has 1 N–H and O–H groups in total. The second-order valence-corrected chi connectivity index (χ2v) is 6.35. The minimum Gasteiger partial charge on any atom is -0.381 e. The Kier molecular flexibility index (Phi) is 3.90. The number of benzene rings is 1. The minimum atomic E-state index is 0.606. The van der Waals surface area contributed by atoms with Crippen LogP contribution in [-0.4, -0.2) is 11.0 Å². The Hall–Kier alpha value is -1.57. The van der Waals surface area contributed by atoms with E-state index in [1.54, 1.807) is 0 Å². The highest BCUT2D eigenvalue weighted by Gasteiger charge is 2.27. The van der Waals surface area contributed by atoms with E-state index < -0.39 is 0 Å². The molecule has 2 heteroatoms. The lowest BCUT2D eigenvalue weighted by molar-refractivity contribution is 0.254. The first-order chi connectivity index (χ1) is 9.75. The fourth-order valence-electron chi connectivity index (χ4n) is 3.58. The van der Waals surface area contributed by atoms with Gasteiger partial charge in [0, 0.05) is 29.5 Å². The number of hydrogen-bond acceptors (Lipinski definition) is 2. The monoisotopic (exact) mass is 268 g/mol. The van der Waals surface area contributed by atoms with Gasteiger partial charge in [-0.3, -0.25) is 4.98 Å². The van der Waals surface area contributed by atoms with Crippen LogP contribution in [0.25, 0.3) is 10.8 Å². The number of nitrogens with one attached hydrogen (secondary N) is 1. The van der Waals surface area contributed by atoms with Gasteiger partial charge in [0.2, 0.25) is 0 Å². The minimum absolute atomic E-state index is 0.606. The Morgan fingerprint density at radius 1 is 1.15 bits per heavy atom. The van der Waals surface area contributed by atoms with Crippen LogP contribution in [0.1, 0.15) is 39.5 Å². The summed E-state index contributed by atoms with van der Waals surface area (Å²) in [5.74, 6) is 1.54. The third kappa shape index (κ3) is 2.65. The first kappa shape index (κ1) is 13.4. The van der Waals surface area contributed by atoms with E-state index in [9.17, 15) is 0 Å². The van der Waals surface area contributed by atoms with Crippen molar-refractivity contribution in [2.24, 2.45) is 11.8 Å². The summed E-state index contributed by atoms with van der Waals surface area (Å²) in [6.07, 6.45) is 9.23. The van der Waals surface area contributed by atoms with E-state index in [1.165, 1.54) is 42.1 Å². The summed E-state index contributed by atoms with van der Waals surface area (Å²) >= 11 is 0. The smallest absolute Gasteiger partial charge is 0.0437 e. The molecule has 1 heterocycles. The largest absolute Gasteiger partial charge is 0.381 e. The number of anilines is 1. The molecule has 0 saturated heterocycles. The van der Waals surface area contributed by atoms with Crippen LogP contribution in [-0.2, 0) is 0 Å². The van der Waals surface area contributed by atoms with Gasteiger partial charge >= 0.3 is 0 Å². The van der Waals surface area contributed by atoms with Crippen molar-refractivity contribution in [3.8, 4) is 0 Å². The van der Waals surface area contributed by atoms with Crippen molar-refractivity contribution in [2.45, 2.75) is 45.6 Å². The predicted molar refractivity (Wildman–Crippen MR) is 85.9 cm³/mol. The SMILES string of the molecule is CC(C)C1CCCCC1Nc1cccc2ccncc12. The average Bonchev–Trinajstić information content (AvgIpc) is 2.48. The summed E-state index contributed by atoms with van der Waals surface area (Å²) in [7, 11) is 0. The van der Waals surface area contributed by atoms with Crippen molar-refractivity contribution in [2.75, 3.05) is 5.32 Å². The van der Waals surface area contributed by atoms with E-state index in [4.69, 9.17) is 0 Å². The molecule has 20 heavy (non-hydrogen) atoms. The number of hydrogen-bond donors (Lipinski definition) is 1. The van der Waals surface area contributed by atoms with Crippen LogP contribution in [0.3, 0.4) is 0 Å². The molecule has 2 unspecified atom stereocenters. The van der Waals surface area contributed by atoms with Gasteiger partial charge in [-0.2, -0.15) is 0 Å². The first-order valence-corrected chi connectivity index (χ1v) is 7.85. The third-order valence-electron chi connectivity index (χ3n) is 4.70. The standard InChI is InChI=1S/C18H24N2/c1-13(2)15-7-3-4-8-17(15)20-18-9-5-6-14-10-11-19-12-16(14)18/h5-6,9-13,15,17,20H,3-4,7-8H2,1-2H3. The second-order valence-electron chi connectivity index (χ2n) is 6.35. The number of rotatable bonds is 3. The normalized spacial score (nSPS) is 23.1. The molecule has 0 spiro atoms. The average molecular weight is 268 g/mol. The Labute approximate surface area is 121 Å². The molecule has 0 aliphatic heterocycles. The number of nitrogens with zero attached hydrogens (tertiary/aromatic N) is 1. The van der Waals surface area contributed by atoms with Crippen molar-refractivity contribution in [1.29, 1.82) is 0 Å². The second kappa shape index (κ2) is 5.82. The van der Waals surface area contributed by atoms with Crippen LogP contribution >= 0.6 is 0 Å². The van der Waals surface area contributed by atoms with Crippen LogP contribution in [0, 0.1) is 11.8 Å². The summed E-state index contributed by atoms with van der Waals surface area (Å²) in [6.45, 7) is 4.71. The highest BCUT2D eigenvalue weighted by atomic mass is 14.9. The fourth-order valence-corrected chi connectivity index (χ4v) is 3.58. The van der Waals surface area contributed by atoms with Gasteiger partial charge in [-0.25, -0.2) is 0 Å². The molecule has 1 aromatic carbocycles. The molecule has 2 nitrogen and oxygen atoms in total. The summed E-state index contributed by atoms with van der Waals surface area (Å²) in [5, 5.41) is 6.32. The lowest BCUT2D eigenvalue weighted by atomic mass is 9.77. The molecule has 3 rings (SSSR count). The maximum Gasteiger partial charge on any atom is 0.0437 e. The first-order valence-electron chi connectivity index (χ1n) is 7.85. The highest BCUT2D eigenvalue weighted by molar-refractivity contribution is 5.93. The van der Waals surface area contributed by atoms with E-state index in [0.29, 0.717) is 6.04 Å². The molecule has 1 fully saturated rings. The maximum absolute atomic E-state index is 4.28. The van der Waals surface area contributed by atoms with Crippen LogP contribution in [0.15, 0.2) is 36.7 Å². The highest BCUT2D eigenvalue weighted by Crippen LogP contribution is 2.33. The topological polar surface area (TPSA) is 24.9 Å². The summed E-state index contributed by atoms with van der Waals surface area (Å²) < 4.78 is 0. The lowest BCUT2D eigenvalue weighted by Gasteiger charge is -2.35. The van der Waals surface area contributed by atoms with E-state index in [0.717, 1.165) is 11.8 Å². The van der Waals surface area contributed by atoms with E-state index >= 15 is 0 Å². The van der Waals surface area contributed by atoms with Crippen LogP contribution < -0.4 is 5.32 Å². The van der Waals surface area contributed by atoms with Gasteiger partial charge in [0.15, 0.2) is 0 Å². The van der Waals surface area contributed by atoms with Crippen LogP contribution in [0.5, 0.6) is 0 Å². The Morgan fingerprint density at radius 3 is 2.85 bits per heavy atom. The van der Waals surface area contributed by atoms with Crippen molar-refractivity contribution < 1.29 is 0 Å². The zero-order valence-corrected chi connectivity index (χ0v) is 12.5. The van der Waals surface area contributed by atoms with E-state index in [-0.39, 0.29) is 0 Å². The molecular weight excluding hydrogens is 244 g/mol. The molecular formula is C18H24N2. The molecule has 1 saturated carbocycles. The van der Waals surface area contributed by atoms with Crippen LogP contribution in [0.4, 0.5) is 5.69 Å². The quantitative estimate of drug-likeness (QED) is 0.859. The zero-order valence-electron chi connectivity index (χ0n) is 12.5. The number of pyridine rings is 1. The number of aromatic nitrogens is 1. The molecule has 106 valence electrons. The number of fused-ring (bicyclic) bond motifs is 1. The van der Waals surface area contributed by atoms with Crippen molar-refractivity contribution in [3.05, 3.63) is 36.7 Å². The molecule has 1 aliphatic carbocycles. The van der Waals surface area contributed by atoms with Gasteiger partial charge < -0.3 is 5.32 Å². The molecule has 0 amide bonds. The summed E-state index contributed by atoms with van der Waals surface area (Å²) in [5.41, 5.74) is 1.24. The summed E-state index contributed by atoms with van der Waals surface area (Å²) in [6, 6.07) is 9.17. The third-order valence-corrected chi connectivity index (χ3v) is 4.70. The van der Waals surface area contributed by atoms with Gasteiger partial charge in [-0.05, 0) is 42.2 Å². The van der Waals surface area contributed by atoms with Gasteiger partial charge in [0.25, 0.3) is 0 Å². The maximum atomic E-state index is 4.28. The fraction of sp³-hybridized carbons (Fsp3) is 0.500. The van der Waals surface area contributed by atoms with E-state index in [1.807, 2.05) is 12.4 Å². The van der Waals surface area contributed by atoms with E-state index in [2.05, 4.69) is 48.4 Å². The lowest BCUT2D eigenvalue weighted by Crippen LogP contribution is -2.35. The van der Waals surface area contributed by atoms with Gasteiger partial charge in [0.1, 0.15) is 0 Å². The van der Waals surface area contributed by atoms with Crippen molar-refractivity contribution in [1.82, 2.24) is 4.98 Å². The molecule has 0 bridgehead atoms. The molecule has 1 aliphatic rings. The van der Waals surface area contributed by atoms with Crippen molar-refractivity contribution in [3.63, 3.8) is 0 Å². The van der Waals surface area contributed by atoms with Gasteiger partial charge in [-0.1, -0.05) is 38.8 Å². The van der Waals surface area contributed by atoms with Crippen molar-refractivity contribution >= 4 is 16.5 Å². The molecule has 0 radical (unpaired) electrons. The Balaban J connectivity index is 1.88. The predicted octanol–water partition coefficient (Wildman–Crippen LogP) is 4.86. The molecule has 2 atom stereocenters. The Morgan fingerprint density at radius 2 is 2.00 bits per heavy atom. The Bertz CT molecular complexity index is 571. The summed E-state index contributed by atoms with van der Waals surface area (Å²) in [4.78, 5) is 4.28.